The van der Waals surface area contributed by atoms with Crippen LogP contribution in [0.1, 0.15) is 69.2 Å². The van der Waals surface area contributed by atoms with Crippen molar-refractivity contribution in [3.05, 3.63) is 24.5 Å². The summed E-state index contributed by atoms with van der Waals surface area (Å²) in [5.41, 5.74) is 3.32. The van der Waals surface area contributed by atoms with Gasteiger partial charge in [-0.25, -0.2) is 4.98 Å². The summed E-state index contributed by atoms with van der Waals surface area (Å²) in [6.45, 7) is 22.7. The summed E-state index contributed by atoms with van der Waals surface area (Å²) in [7, 11) is -2.22. The standard InChI is InChI=1S/C22H37BN2O2Si/c1-15(2)28(16(3)4,17(5)6)25-14-12-18-19(11-13-24-20(18)25)23-26-21(7,8)22(9,10)27-23/h11-17H,1-10H3. The van der Waals surface area contributed by atoms with E-state index < -0.39 is 8.24 Å². The lowest BCUT2D eigenvalue weighted by molar-refractivity contribution is 0.00578. The fourth-order valence-electron chi connectivity index (χ4n) is 5.38. The average molecular weight is 400 g/mol. The van der Waals surface area contributed by atoms with Crippen LogP contribution in [0, 0.1) is 0 Å². The van der Waals surface area contributed by atoms with E-state index in [0.717, 1.165) is 16.5 Å². The minimum Gasteiger partial charge on any atom is -0.399 e. The first-order chi connectivity index (χ1) is 12.9. The number of fused-ring (bicyclic) bond motifs is 1. The Bertz CT molecular complexity index is 820. The normalized spacial score (nSPS) is 19.5. The molecule has 6 heteroatoms. The number of nitrogens with zero attached hydrogens (tertiary/aromatic N) is 2. The fourth-order valence-corrected chi connectivity index (χ4v) is 11.9. The molecular weight excluding hydrogens is 363 g/mol. The van der Waals surface area contributed by atoms with E-state index in [2.05, 4.69) is 91.8 Å². The highest BCUT2D eigenvalue weighted by molar-refractivity contribution is 6.82. The molecule has 0 saturated carbocycles. The molecule has 28 heavy (non-hydrogen) atoms. The van der Waals surface area contributed by atoms with Crippen LogP contribution in [0.25, 0.3) is 11.0 Å². The van der Waals surface area contributed by atoms with Gasteiger partial charge in [-0.2, -0.15) is 0 Å². The molecule has 3 heterocycles. The topological polar surface area (TPSA) is 36.3 Å². The Morgan fingerprint density at radius 1 is 0.893 bits per heavy atom. The molecule has 1 saturated heterocycles. The third-order valence-corrected chi connectivity index (χ3v) is 14.1. The number of rotatable bonds is 5. The molecule has 0 bridgehead atoms. The first-order valence-electron chi connectivity index (χ1n) is 10.7. The SMILES string of the molecule is CC(C)[Si](C(C)C)(C(C)C)n1ccc2c(B3OC(C)(C)C(C)(C)O3)ccnc21. The molecule has 0 amide bonds. The molecule has 1 aliphatic rings. The van der Waals surface area contributed by atoms with E-state index in [4.69, 9.17) is 14.3 Å². The van der Waals surface area contributed by atoms with Gasteiger partial charge in [-0.1, -0.05) is 41.5 Å². The lowest BCUT2D eigenvalue weighted by Gasteiger charge is -2.44. The molecule has 3 rings (SSSR count). The number of hydrogen-bond acceptors (Lipinski definition) is 3. The molecule has 2 aromatic heterocycles. The van der Waals surface area contributed by atoms with Gasteiger partial charge in [0.2, 0.25) is 0 Å². The van der Waals surface area contributed by atoms with Crippen LogP contribution < -0.4 is 5.46 Å². The molecule has 0 radical (unpaired) electrons. The maximum Gasteiger partial charge on any atom is 0.495 e. The highest BCUT2D eigenvalue weighted by Crippen LogP contribution is 2.44. The van der Waals surface area contributed by atoms with Gasteiger partial charge in [0, 0.05) is 11.6 Å². The van der Waals surface area contributed by atoms with Crippen LogP contribution in [-0.4, -0.2) is 35.8 Å². The van der Waals surface area contributed by atoms with Gasteiger partial charge in [0.05, 0.1) is 11.2 Å². The van der Waals surface area contributed by atoms with E-state index in [1.807, 2.05) is 6.20 Å². The van der Waals surface area contributed by atoms with Crippen molar-refractivity contribution in [3.8, 4) is 0 Å². The van der Waals surface area contributed by atoms with E-state index in [0.29, 0.717) is 16.6 Å². The van der Waals surface area contributed by atoms with E-state index in [9.17, 15) is 0 Å². The van der Waals surface area contributed by atoms with Crippen molar-refractivity contribution in [3.63, 3.8) is 0 Å². The van der Waals surface area contributed by atoms with Crippen molar-refractivity contribution in [2.45, 2.75) is 97.1 Å². The Morgan fingerprint density at radius 3 is 1.86 bits per heavy atom. The largest absolute Gasteiger partial charge is 0.495 e. The Hall–Kier alpha value is -1.11. The molecule has 154 valence electrons. The van der Waals surface area contributed by atoms with Crippen molar-refractivity contribution in [1.82, 2.24) is 9.22 Å². The second-order valence-electron chi connectivity index (χ2n) is 10.3. The number of hydrogen-bond donors (Lipinski definition) is 0. The summed E-state index contributed by atoms with van der Waals surface area (Å²) in [6, 6.07) is 4.27. The predicted octanol–water partition coefficient (Wildman–Crippen LogP) is 5.36. The third-order valence-electron chi connectivity index (χ3n) is 7.32. The van der Waals surface area contributed by atoms with E-state index in [-0.39, 0.29) is 18.3 Å². The zero-order valence-electron chi connectivity index (χ0n) is 19.3. The quantitative estimate of drug-likeness (QED) is 0.634. The van der Waals surface area contributed by atoms with Gasteiger partial charge in [-0.05, 0) is 68.1 Å². The summed E-state index contributed by atoms with van der Waals surface area (Å²) in [6.07, 6.45) is 4.19. The van der Waals surface area contributed by atoms with Gasteiger partial charge in [0.25, 0.3) is 0 Å². The summed E-state index contributed by atoms with van der Waals surface area (Å²) < 4.78 is 15.2. The Balaban J connectivity index is 2.17. The molecule has 2 aromatic rings. The van der Waals surface area contributed by atoms with Gasteiger partial charge >= 0.3 is 7.12 Å². The summed E-state index contributed by atoms with van der Waals surface area (Å²) in [5, 5.41) is 1.15. The molecule has 0 unspecified atom stereocenters. The molecule has 1 fully saturated rings. The minimum absolute atomic E-state index is 0.345. The van der Waals surface area contributed by atoms with Crippen molar-refractivity contribution < 1.29 is 9.31 Å². The van der Waals surface area contributed by atoms with Gasteiger partial charge in [-0.3, -0.25) is 0 Å². The molecule has 0 spiro atoms. The van der Waals surface area contributed by atoms with Crippen LogP contribution in [0.5, 0.6) is 0 Å². The second kappa shape index (κ2) is 6.99. The lowest BCUT2D eigenvalue weighted by atomic mass is 9.78. The van der Waals surface area contributed by atoms with Gasteiger partial charge in [0.1, 0.15) is 5.65 Å². The molecule has 0 atom stereocenters. The first-order valence-corrected chi connectivity index (χ1v) is 12.9. The van der Waals surface area contributed by atoms with Crippen LogP contribution in [0.15, 0.2) is 24.5 Å². The zero-order valence-corrected chi connectivity index (χ0v) is 20.3. The molecule has 0 aliphatic carbocycles. The fraction of sp³-hybridized carbons (Fsp3) is 0.682. The molecule has 1 aliphatic heterocycles. The predicted molar refractivity (Wildman–Crippen MR) is 122 cm³/mol. The maximum atomic E-state index is 6.35. The third kappa shape index (κ3) is 2.99. The number of aromatic nitrogens is 2. The smallest absolute Gasteiger partial charge is 0.399 e. The van der Waals surface area contributed by atoms with Gasteiger partial charge in [0.15, 0.2) is 8.24 Å². The van der Waals surface area contributed by atoms with E-state index in [1.165, 1.54) is 0 Å². The zero-order chi connectivity index (χ0) is 21.1. The minimum atomic E-state index is -1.86. The van der Waals surface area contributed by atoms with Crippen LogP contribution >= 0.6 is 0 Å². The highest BCUT2D eigenvalue weighted by atomic mass is 28.3. The molecular formula is C22H37BN2O2Si. The van der Waals surface area contributed by atoms with Crippen LogP contribution in [0.4, 0.5) is 0 Å². The van der Waals surface area contributed by atoms with E-state index >= 15 is 0 Å². The Morgan fingerprint density at radius 2 is 1.39 bits per heavy atom. The lowest BCUT2D eigenvalue weighted by Crippen LogP contribution is -2.51. The molecule has 0 aromatic carbocycles. The van der Waals surface area contributed by atoms with Gasteiger partial charge in [-0.15, -0.1) is 0 Å². The Labute approximate surface area is 172 Å². The van der Waals surface area contributed by atoms with Crippen LogP contribution in [0.3, 0.4) is 0 Å². The molecule has 0 N–H and O–H groups in total. The van der Waals surface area contributed by atoms with Crippen LogP contribution in [0.2, 0.25) is 16.6 Å². The summed E-state index contributed by atoms with van der Waals surface area (Å²) in [5.74, 6) is 0. The average Bonchev–Trinajstić information content (AvgIpc) is 3.06. The molecule has 4 nitrogen and oxygen atoms in total. The van der Waals surface area contributed by atoms with Gasteiger partial charge < -0.3 is 13.5 Å². The van der Waals surface area contributed by atoms with Crippen molar-refractivity contribution in [1.29, 1.82) is 0 Å². The first kappa shape index (κ1) is 21.6. The van der Waals surface area contributed by atoms with E-state index in [1.54, 1.807) is 0 Å². The van der Waals surface area contributed by atoms with Crippen molar-refractivity contribution in [2.75, 3.05) is 0 Å². The summed E-state index contributed by atoms with van der Waals surface area (Å²) >= 11 is 0. The second-order valence-corrected chi connectivity index (χ2v) is 16.0. The van der Waals surface area contributed by atoms with Crippen molar-refractivity contribution >= 4 is 31.9 Å². The monoisotopic (exact) mass is 400 g/mol. The van der Waals surface area contributed by atoms with Crippen molar-refractivity contribution in [2.24, 2.45) is 0 Å². The summed E-state index contributed by atoms with van der Waals surface area (Å²) in [4.78, 5) is 4.85. The highest BCUT2D eigenvalue weighted by Gasteiger charge is 2.52. The maximum absolute atomic E-state index is 6.35. The van der Waals surface area contributed by atoms with Crippen LogP contribution in [-0.2, 0) is 9.31 Å². The number of pyridine rings is 1. The Kier molecular flexibility index (Phi) is 5.39.